The number of carbonyl (C=O) groups is 2. The quantitative estimate of drug-likeness (QED) is 0.342. The van der Waals surface area contributed by atoms with Crippen LogP contribution in [0.25, 0.3) is 0 Å². The molecule has 11 heavy (non-hydrogen) atoms. The molecule has 0 aliphatic carbocycles. The molecule has 2 N–H and O–H groups in total. The first-order valence-electron chi connectivity index (χ1n) is 1.80. The molecule has 0 aliphatic rings. The third-order valence-electron chi connectivity index (χ3n) is 0.201. The zero-order chi connectivity index (χ0) is 7.86. The largest absolute Gasteiger partial charge is 1.00 e. The molecule has 52 valence electrons. The molecule has 0 atom stereocenters. The average Bonchev–Trinajstić information content (AvgIpc) is 1.65. The van der Waals surface area contributed by atoms with Crippen molar-refractivity contribution < 1.29 is 123 Å². The predicted molar refractivity (Wildman–Crippen MR) is 24.8 cm³/mol. The van der Waals surface area contributed by atoms with Crippen LogP contribution in [-0.4, -0.2) is 12.1 Å². The van der Waals surface area contributed by atoms with Gasteiger partial charge in [-0.25, -0.2) is 0 Å². The second-order valence-electron chi connectivity index (χ2n) is 0.856. The fourth-order valence-electron chi connectivity index (χ4n) is 0. The molecule has 0 bridgehead atoms. The van der Waals surface area contributed by atoms with Crippen molar-refractivity contribution in [1.29, 1.82) is 0 Å². The van der Waals surface area contributed by atoms with E-state index in [0.717, 1.165) is 6.08 Å². The van der Waals surface area contributed by atoms with Gasteiger partial charge in [0, 0.05) is 0 Å². The summed E-state index contributed by atoms with van der Waals surface area (Å²) in [6.07, 6.45) is -1.28. The van der Waals surface area contributed by atoms with E-state index in [9.17, 15) is 4.79 Å². The topological polar surface area (TPSA) is 106 Å². The summed E-state index contributed by atoms with van der Waals surface area (Å²) in [6, 6.07) is 0. The fourth-order valence-corrected chi connectivity index (χ4v) is 0. The maximum Gasteiger partial charge on any atom is 1.00 e. The minimum Gasteiger partial charge on any atom is -0.652 e. The number of carbonyl (C=O) groups excluding carboxylic acids is 2. The number of hydrogen-bond donors (Lipinski definition) is 1. The first-order chi connectivity index (χ1) is 4.00. The molecule has 0 saturated heterocycles. The number of hydrogen-bond acceptors (Lipinski definition) is 4. The average molecular weight is 209 g/mol. The molecule has 0 aromatic heterocycles. The van der Waals surface area contributed by atoms with Gasteiger partial charge in [0.15, 0.2) is 0 Å². The predicted octanol–water partition coefficient (Wildman–Crippen LogP) is -8.78. The van der Waals surface area contributed by atoms with Crippen LogP contribution in [0.2, 0.25) is 0 Å². The summed E-state index contributed by atoms with van der Waals surface area (Å²) in [7, 11) is 0. The molecule has 0 aliphatic heterocycles. The van der Waals surface area contributed by atoms with Gasteiger partial charge in [-0.15, -0.1) is 0 Å². The van der Waals surface area contributed by atoms with Crippen molar-refractivity contribution in [3.8, 4) is 0 Å². The Balaban J connectivity index is -0.0000000383. The molecule has 0 saturated carbocycles. The summed E-state index contributed by atoms with van der Waals surface area (Å²) in [5.41, 5.74) is 4.53. The maximum absolute atomic E-state index is 9.47. The van der Waals surface area contributed by atoms with Crippen LogP contribution in [0.15, 0.2) is 12.7 Å². The monoisotopic (exact) mass is 209 g/mol. The third kappa shape index (κ3) is 79.4. The van der Waals surface area contributed by atoms with Crippen LogP contribution in [0, 0.1) is 0 Å². The Morgan fingerprint density at radius 1 is 1.27 bits per heavy atom. The van der Waals surface area contributed by atoms with E-state index in [-0.39, 0.29) is 103 Å². The zero-order valence-corrected chi connectivity index (χ0v) is 12.7. The maximum atomic E-state index is 9.47. The van der Waals surface area contributed by atoms with Crippen LogP contribution in [0.5, 0.6) is 0 Å². The summed E-state index contributed by atoms with van der Waals surface area (Å²) in [5, 5.41) is 16.7. The SMILES string of the molecule is C=CC(N)=O.O=C([O-])[O-].[K+].[K+]. The van der Waals surface area contributed by atoms with E-state index in [1.807, 2.05) is 0 Å². The Labute approximate surface area is 149 Å². The summed E-state index contributed by atoms with van der Waals surface area (Å²) >= 11 is 0. The summed E-state index contributed by atoms with van der Waals surface area (Å²) in [6.45, 7) is 3.09. The molecule has 5 nitrogen and oxygen atoms in total. The smallest absolute Gasteiger partial charge is 0.652 e. The van der Waals surface area contributed by atoms with Crippen molar-refractivity contribution in [2.45, 2.75) is 0 Å². The van der Waals surface area contributed by atoms with Crippen molar-refractivity contribution >= 4 is 12.1 Å². The molecule has 0 unspecified atom stereocenters. The van der Waals surface area contributed by atoms with Gasteiger partial charge < -0.3 is 20.7 Å². The molecule has 0 rings (SSSR count). The molecular weight excluding hydrogens is 204 g/mol. The molecule has 0 aromatic carbocycles. The van der Waals surface area contributed by atoms with Gasteiger partial charge in [0.25, 0.3) is 0 Å². The van der Waals surface area contributed by atoms with E-state index in [1.165, 1.54) is 0 Å². The van der Waals surface area contributed by atoms with Crippen LogP contribution in [0.3, 0.4) is 0 Å². The van der Waals surface area contributed by atoms with Gasteiger partial charge in [-0.2, -0.15) is 0 Å². The van der Waals surface area contributed by atoms with E-state index in [1.54, 1.807) is 0 Å². The van der Waals surface area contributed by atoms with E-state index < -0.39 is 12.1 Å². The van der Waals surface area contributed by atoms with E-state index >= 15 is 0 Å². The Bertz CT molecular complexity index is 123. The van der Waals surface area contributed by atoms with E-state index in [2.05, 4.69) is 12.3 Å². The minimum atomic E-state index is -2.33. The van der Waals surface area contributed by atoms with Gasteiger partial charge >= 0.3 is 103 Å². The Morgan fingerprint density at radius 2 is 1.36 bits per heavy atom. The third-order valence-corrected chi connectivity index (χ3v) is 0.201. The normalized spacial score (nSPS) is 5.09. The molecule has 0 heterocycles. The van der Waals surface area contributed by atoms with Gasteiger partial charge in [0.1, 0.15) is 0 Å². The van der Waals surface area contributed by atoms with Gasteiger partial charge in [-0.3, -0.25) is 4.79 Å². The molecular formula is C4H5K2NO4. The van der Waals surface area contributed by atoms with Gasteiger partial charge in [0.05, 0.1) is 0 Å². The van der Waals surface area contributed by atoms with Crippen LogP contribution in [0.1, 0.15) is 0 Å². The van der Waals surface area contributed by atoms with Crippen molar-refractivity contribution in [1.82, 2.24) is 0 Å². The van der Waals surface area contributed by atoms with Crippen LogP contribution >= 0.6 is 0 Å². The number of amides is 1. The number of primary amides is 1. The van der Waals surface area contributed by atoms with Gasteiger partial charge in [-0.05, 0) is 12.2 Å². The van der Waals surface area contributed by atoms with Crippen molar-refractivity contribution in [2.24, 2.45) is 5.73 Å². The first kappa shape index (κ1) is 23.0. The molecule has 1 amide bonds. The van der Waals surface area contributed by atoms with E-state index in [4.69, 9.17) is 15.0 Å². The Morgan fingerprint density at radius 3 is 1.36 bits per heavy atom. The number of rotatable bonds is 1. The van der Waals surface area contributed by atoms with Crippen LogP contribution < -0.4 is 119 Å². The minimum absolute atomic E-state index is 0. The molecule has 0 radical (unpaired) electrons. The molecule has 0 spiro atoms. The summed E-state index contributed by atoms with van der Waals surface area (Å²) in [5.74, 6) is -0.481. The van der Waals surface area contributed by atoms with Crippen LogP contribution in [0.4, 0.5) is 4.79 Å². The van der Waals surface area contributed by atoms with Crippen LogP contribution in [-0.2, 0) is 4.79 Å². The molecule has 7 heteroatoms. The first-order valence-corrected chi connectivity index (χ1v) is 1.80. The Hall–Kier alpha value is 1.75. The van der Waals surface area contributed by atoms with Crippen molar-refractivity contribution in [2.75, 3.05) is 0 Å². The second kappa shape index (κ2) is 17.7. The van der Waals surface area contributed by atoms with Gasteiger partial charge in [0.2, 0.25) is 5.91 Å². The number of nitrogens with two attached hydrogens (primary N) is 1. The molecule has 0 fully saturated rings. The number of carboxylic acid groups (broad SMARTS) is 2. The van der Waals surface area contributed by atoms with Crippen molar-refractivity contribution in [3.05, 3.63) is 12.7 Å². The van der Waals surface area contributed by atoms with Gasteiger partial charge in [-0.1, -0.05) is 6.58 Å². The Kier molecular flexibility index (Phi) is 37.1. The fraction of sp³-hybridized carbons (Fsp3) is 0. The summed E-state index contributed by atoms with van der Waals surface area (Å²) in [4.78, 5) is 17.8. The second-order valence-corrected chi connectivity index (χ2v) is 0.856. The van der Waals surface area contributed by atoms with E-state index in [0.29, 0.717) is 0 Å². The summed E-state index contributed by atoms with van der Waals surface area (Å²) < 4.78 is 0. The van der Waals surface area contributed by atoms with Crippen molar-refractivity contribution in [3.63, 3.8) is 0 Å². The standard InChI is InChI=1S/C3H5NO.CH2O3.2K/c1-2-3(4)5;2-1(3)4;;/h2H,1H2,(H2,4,5);(H2,2,3,4);;/q;;2*+1/p-2. The zero-order valence-electron chi connectivity index (χ0n) is 6.49. The molecule has 0 aromatic rings.